The maximum atomic E-state index is 13.4. The van der Waals surface area contributed by atoms with Crippen molar-refractivity contribution in [1.29, 1.82) is 10.8 Å². The molecule has 2 amide bonds. The molecule has 5 rings (SSSR count). The van der Waals surface area contributed by atoms with Gasteiger partial charge in [0.25, 0.3) is 5.91 Å². The zero-order valence-electron chi connectivity index (χ0n) is 25.5. The Balaban J connectivity index is 1.27. The maximum Gasteiger partial charge on any atom is 0.251 e. The van der Waals surface area contributed by atoms with Crippen LogP contribution in [0.25, 0.3) is 0 Å². The summed E-state index contributed by atoms with van der Waals surface area (Å²) in [7, 11) is 0. The van der Waals surface area contributed by atoms with Gasteiger partial charge in [-0.05, 0) is 99.1 Å². The van der Waals surface area contributed by atoms with E-state index >= 15 is 0 Å². The maximum absolute atomic E-state index is 13.4. The standard InChI is InChI=1S/C35H45N5O3/c1-24-6-3-4-7-32(24)39-20-17-29(18-21-39)38-35(42)27-10-11-28(23-40-19-5-8-34(40)41)33(22-27)43-30-14-12-26(13-15-30)31(37)16-9-25(2)36/h9-16,22,24,29,32,36-37H,3-8,17-21,23H2,1-2H3,(H,38,42)/b16-9-,36-25?,37-31?. The molecule has 0 bridgehead atoms. The topological polar surface area (TPSA) is 110 Å². The lowest BCUT2D eigenvalue weighted by atomic mass is 9.84. The first-order chi connectivity index (χ1) is 20.8. The van der Waals surface area contributed by atoms with Crippen molar-refractivity contribution in [1.82, 2.24) is 15.1 Å². The van der Waals surface area contributed by atoms with E-state index in [1.165, 1.54) is 25.7 Å². The minimum atomic E-state index is -0.102. The molecule has 228 valence electrons. The highest BCUT2D eigenvalue weighted by Crippen LogP contribution is 2.31. The van der Waals surface area contributed by atoms with Crippen molar-refractivity contribution >= 4 is 23.2 Å². The van der Waals surface area contributed by atoms with Crippen LogP contribution in [0, 0.1) is 16.7 Å². The number of carbonyl (C=O) groups excluding carboxylic acids is 2. The molecule has 1 saturated carbocycles. The minimum absolute atomic E-state index is 0.102. The van der Waals surface area contributed by atoms with E-state index in [1.54, 1.807) is 37.3 Å². The smallest absolute Gasteiger partial charge is 0.251 e. The number of hydrogen-bond acceptors (Lipinski definition) is 6. The zero-order valence-corrected chi connectivity index (χ0v) is 25.5. The van der Waals surface area contributed by atoms with Gasteiger partial charge in [0.2, 0.25) is 5.91 Å². The molecule has 8 nitrogen and oxygen atoms in total. The van der Waals surface area contributed by atoms with E-state index in [2.05, 4.69) is 17.1 Å². The normalized spacial score (nSPS) is 21.7. The number of nitrogens with one attached hydrogen (secondary N) is 3. The van der Waals surface area contributed by atoms with E-state index in [0.717, 1.165) is 50.4 Å². The van der Waals surface area contributed by atoms with Gasteiger partial charge in [0.1, 0.15) is 11.5 Å². The Hall–Kier alpha value is -3.78. The highest BCUT2D eigenvalue weighted by Gasteiger charge is 2.31. The summed E-state index contributed by atoms with van der Waals surface area (Å²) in [6.07, 6.45) is 11.8. The van der Waals surface area contributed by atoms with Crippen LogP contribution >= 0.6 is 0 Å². The average Bonchev–Trinajstić information content (AvgIpc) is 3.41. The van der Waals surface area contributed by atoms with E-state index < -0.39 is 0 Å². The Kier molecular flexibility index (Phi) is 10.1. The molecular weight excluding hydrogens is 538 g/mol. The van der Waals surface area contributed by atoms with Gasteiger partial charge >= 0.3 is 0 Å². The Morgan fingerprint density at radius 2 is 1.67 bits per heavy atom. The molecule has 1 aliphatic carbocycles. The summed E-state index contributed by atoms with van der Waals surface area (Å²) >= 11 is 0. The van der Waals surface area contributed by atoms with Crippen LogP contribution in [-0.4, -0.2) is 64.8 Å². The number of carbonyl (C=O) groups is 2. The van der Waals surface area contributed by atoms with Crippen LogP contribution in [0.5, 0.6) is 11.5 Å². The van der Waals surface area contributed by atoms with Crippen LogP contribution in [0.4, 0.5) is 0 Å². The van der Waals surface area contributed by atoms with Crippen molar-refractivity contribution in [3.63, 3.8) is 0 Å². The number of rotatable bonds is 10. The third-order valence-corrected chi connectivity index (χ3v) is 9.16. The highest BCUT2D eigenvalue weighted by atomic mass is 16.5. The van der Waals surface area contributed by atoms with Gasteiger partial charge in [0.15, 0.2) is 0 Å². The lowest BCUT2D eigenvalue weighted by Crippen LogP contribution is -2.50. The van der Waals surface area contributed by atoms with Gasteiger partial charge < -0.3 is 25.8 Å². The van der Waals surface area contributed by atoms with Gasteiger partial charge in [0, 0.05) is 61.5 Å². The molecule has 2 aliphatic heterocycles. The van der Waals surface area contributed by atoms with Crippen LogP contribution in [-0.2, 0) is 11.3 Å². The van der Waals surface area contributed by atoms with E-state index in [4.69, 9.17) is 15.6 Å². The third-order valence-electron chi connectivity index (χ3n) is 9.16. The first-order valence-electron chi connectivity index (χ1n) is 15.8. The molecule has 3 fully saturated rings. The number of allylic oxidation sites excluding steroid dienone is 2. The number of likely N-dealkylation sites (tertiary alicyclic amines) is 2. The lowest BCUT2D eigenvalue weighted by Gasteiger charge is -2.42. The molecule has 8 heteroatoms. The fraction of sp³-hybridized carbons (Fsp3) is 0.486. The Morgan fingerprint density at radius 1 is 0.953 bits per heavy atom. The van der Waals surface area contributed by atoms with Gasteiger partial charge in [-0.2, -0.15) is 0 Å². The van der Waals surface area contributed by atoms with Crippen LogP contribution in [0.2, 0.25) is 0 Å². The predicted octanol–water partition coefficient (Wildman–Crippen LogP) is 6.34. The van der Waals surface area contributed by atoms with Crippen LogP contribution in [0.1, 0.15) is 86.7 Å². The van der Waals surface area contributed by atoms with Gasteiger partial charge in [0.05, 0.1) is 5.71 Å². The molecule has 2 aromatic carbocycles. The Morgan fingerprint density at radius 3 is 2.35 bits per heavy atom. The molecule has 0 aromatic heterocycles. The van der Waals surface area contributed by atoms with Crippen molar-refractivity contribution in [3.05, 3.63) is 71.3 Å². The van der Waals surface area contributed by atoms with Crippen molar-refractivity contribution in [2.24, 2.45) is 5.92 Å². The summed E-state index contributed by atoms with van der Waals surface area (Å²) < 4.78 is 6.31. The van der Waals surface area contributed by atoms with Gasteiger partial charge in [-0.15, -0.1) is 0 Å². The first kappa shape index (κ1) is 30.7. The predicted molar refractivity (Wildman–Crippen MR) is 170 cm³/mol. The molecule has 0 spiro atoms. The fourth-order valence-corrected chi connectivity index (χ4v) is 6.62. The first-order valence-corrected chi connectivity index (χ1v) is 15.8. The van der Waals surface area contributed by atoms with E-state index in [-0.39, 0.29) is 17.9 Å². The Bertz CT molecular complexity index is 1360. The minimum Gasteiger partial charge on any atom is -0.457 e. The number of hydrogen-bond donors (Lipinski definition) is 3. The highest BCUT2D eigenvalue weighted by molar-refractivity contribution is 6.09. The van der Waals surface area contributed by atoms with Crippen LogP contribution in [0.15, 0.2) is 54.6 Å². The second-order valence-corrected chi connectivity index (χ2v) is 12.4. The largest absolute Gasteiger partial charge is 0.457 e. The van der Waals surface area contributed by atoms with E-state index in [1.807, 2.05) is 29.2 Å². The van der Waals surface area contributed by atoms with Gasteiger partial charge in [-0.25, -0.2) is 0 Å². The summed E-state index contributed by atoms with van der Waals surface area (Å²) in [5.41, 5.74) is 2.80. The molecule has 3 N–H and O–H groups in total. The molecule has 3 aliphatic rings. The van der Waals surface area contributed by atoms with Crippen molar-refractivity contribution < 1.29 is 14.3 Å². The number of benzene rings is 2. The van der Waals surface area contributed by atoms with Gasteiger partial charge in [-0.1, -0.05) is 25.8 Å². The molecule has 2 unspecified atom stereocenters. The van der Waals surface area contributed by atoms with Gasteiger partial charge in [-0.3, -0.25) is 14.5 Å². The molecular formula is C35H45N5O3. The summed E-state index contributed by atoms with van der Waals surface area (Å²) in [4.78, 5) is 30.2. The van der Waals surface area contributed by atoms with Crippen molar-refractivity contribution in [2.45, 2.75) is 83.8 Å². The Labute approximate surface area is 255 Å². The van der Waals surface area contributed by atoms with Crippen LogP contribution in [0.3, 0.4) is 0 Å². The average molecular weight is 584 g/mol. The second-order valence-electron chi connectivity index (χ2n) is 12.4. The molecule has 43 heavy (non-hydrogen) atoms. The summed E-state index contributed by atoms with van der Waals surface area (Å²) in [6, 6.07) is 13.6. The summed E-state index contributed by atoms with van der Waals surface area (Å²) in [6.45, 7) is 7.27. The van der Waals surface area contributed by atoms with Crippen molar-refractivity contribution in [2.75, 3.05) is 19.6 Å². The number of piperidine rings is 1. The fourth-order valence-electron chi connectivity index (χ4n) is 6.62. The monoisotopic (exact) mass is 583 g/mol. The second kappa shape index (κ2) is 14.1. The molecule has 2 atom stereocenters. The molecule has 2 aromatic rings. The van der Waals surface area contributed by atoms with Crippen molar-refractivity contribution in [3.8, 4) is 11.5 Å². The number of ether oxygens (including phenoxy) is 1. The SMILES string of the molecule is CC(=N)/C=C\C(=N)c1ccc(Oc2cc(C(=O)NC3CCN(C4CCCCC4C)CC3)ccc2CN2CCCC2=O)cc1. The lowest BCUT2D eigenvalue weighted by molar-refractivity contribution is -0.128. The number of amides is 2. The summed E-state index contributed by atoms with van der Waals surface area (Å²) in [5, 5.41) is 19.0. The molecule has 2 saturated heterocycles. The van der Waals surface area contributed by atoms with E-state index in [0.29, 0.717) is 53.1 Å². The molecule has 2 heterocycles. The molecule has 0 radical (unpaired) electrons. The summed E-state index contributed by atoms with van der Waals surface area (Å²) in [5.74, 6) is 1.92. The van der Waals surface area contributed by atoms with E-state index in [9.17, 15) is 9.59 Å². The quantitative estimate of drug-likeness (QED) is 0.284. The third kappa shape index (κ3) is 7.99. The number of nitrogens with zero attached hydrogens (tertiary/aromatic N) is 2. The zero-order chi connectivity index (χ0) is 30.3. The van der Waals surface area contributed by atoms with Crippen LogP contribution < -0.4 is 10.1 Å².